The molecule has 0 aliphatic heterocycles. The average molecular weight is 431 g/mol. The molecule has 3 rings (SSSR count). The summed E-state index contributed by atoms with van der Waals surface area (Å²) in [6, 6.07) is 10.1. The largest absolute Gasteiger partial charge is 0.309 e. The van der Waals surface area contributed by atoms with Crippen molar-refractivity contribution in [2.45, 2.75) is 24.3 Å². The number of anilines is 1. The zero-order valence-electron chi connectivity index (χ0n) is 16.4. The molecule has 2 aromatic heterocycles. The van der Waals surface area contributed by atoms with E-state index in [0.717, 1.165) is 22.0 Å². The highest BCUT2D eigenvalue weighted by Crippen LogP contribution is 2.15. The third kappa shape index (κ3) is 5.71. The van der Waals surface area contributed by atoms with E-state index in [1.165, 1.54) is 19.2 Å². The Labute approximate surface area is 174 Å². The van der Waals surface area contributed by atoms with Gasteiger partial charge in [-0.15, -0.1) is 0 Å². The SMILES string of the molecule is CN(CCCC(=O)Nc1ccn(Cc2ccncc2)n1)S(=O)(=O)c1ccc(F)cc1. The van der Waals surface area contributed by atoms with Gasteiger partial charge < -0.3 is 5.32 Å². The first kappa shape index (κ1) is 21.6. The normalized spacial score (nSPS) is 11.6. The molecule has 1 N–H and O–H groups in total. The van der Waals surface area contributed by atoms with Gasteiger partial charge in [-0.1, -0.05) is 0 Å². The molecule has 1 amide bonds. The molecule has 158 valence electrons. The van der Waals surface area contributed by atoms with Crippen molar-refractivity contribution >= 4 is 21.7 Å². The fourth-order valence-corrected chi connectivity index (χ4v) is 3.98. The van der Waals surface area contributed by atoms with Crippen molar-refractivity contribution in [3.8, 4) is 0 Å². The van der Waals surface area contributed by atoms with Gasteiger partial charge in [0.05, 0.1) is 11.4 Å². The lowest BCUT2D eigenvalue weighted by Crippen LogP contribution is -2.28. The summed E-state index contributed by atoms with van der Waals surface area (Å²) in [5.74, 6) is -0.324. The van der Waals surface area contributed by atoms with Crippen molar-refractivity contribution in [2.24, 2.45) is 0 Å². The molecule has 0 radical (unpaired) electrons. The van der Waals surface area contributed by atoms with Crippen molar-refractivity contribution in [3.63, 3.8) is 0 Å². The van der Waals surface area contributed by atoms with Crippen molar-refractivity contribution in [1.82, 2.24) is 19.1 Å². The van der Waals surface area contributed by atoms with Gasteiger partial charge in [0, 0.05) is 44.7 Å². The summed E-state index contributed by atoms with van der Waals surface area (Å²) in [7, 11) is -2.30. The first-order chi connectivity index (χ1) is 14.3. The van der Waals surface area contributed by atoms with E-state index >= 15 is 0 Å². The standard InChI is InChI=1S/C20H22FN5O3S/c1-25(30(28,29)18-6-4-17(21)5-7-18)13-2-3-20(27)23-19-10-14-26(24-19)15-16-8-11-22-12-9-16/h4-12,14H,2-3,13,15H2,1H3,(H,23,24,27). The number of aromatic nitrogens is 3. The highest BCUT2D eigenvalue weighted by molar-refractivity contribution is 7.89. The van der Waals surface area contributed by atoms with Crippen LogP contribution in [0, 0.1) is 5.82 Å². The number of carbonyl (C=O) groups is 1. The lowest BCUT2D eigenvalue weighted by Gasteiger charge is -2.17. The van der Waals surface area contributed by atoms with Crippen LogP contribution < -0.4 is 5.32 Å². The topological polar surface area (TPSA) is 97.2 Å². The second-order valence-corrected chi connectivity index (χ2v) is 8.73. The van der Waals surface area contributed by atoms with Crippen LogP contribution in [0.5, 0.6) is 0 Å². The van der Waals surface area contributed by atoms with Gasteiger partial charge in [-0.05, 0) is 48.4 Å². The smallest absolute Gasteiger partial charge is 0.242 e. The maximum atomic E-state index is 13.0. The number of pyridine rings is 1. The van der Waals surface area contributed by atoms with Gasteiger partial charge in [0.15, 0.2) is 5.82 Å². The van der Waals surface area contributed by atoms with Gasteiger partial charge in [0.2, 0.25) is 15.9 Å². The van der Waals surface area contributed by atoms with Crippen molar-refractivity contribution in [1.29, 1.82) is 0 Å². The Balaban J connectivity index is 1.46. The molecule has 0 bridgehead atoms. The highest BCUT2D eigenvalue weighted by Gasteiger charge is 2.20. The fraction of sp³-hybridized carbons (Fsp3) is 0.250. The minimum Gasteiger partial charge on any atom is -0.309 e. The Kier molecular flexibility index (Phi) is 6.91. The van der Waals surface area contributed by atoms with E-state index in [0.29, 0.717) is 18.8 Å². The highest BCUT2D eigenvalue weighted by atomic mass is 32.2. The van der Waals surface area contributed by atoms with Crippen LogP contribution in [0.1, 0.15) is 18.4 Å². The maximum Gasteiger partial charge on any atom is 0.242 e. The van der Waals surface area contributed by atoms with Crippen LogP contribution in [-0.2, 0) is 21.4 Å². The molecule has 0 spiro atoms. The van der Waals surface area contributed by atoms with Gasteiger partial charge in [-0.3, -0.25) is 14.5 Å². The fourth-order valence-electron chi connectivity index (χ4n) is 2.77. The number of amides is 1. The van der Waals surface area contributed by atoms with E-state index in [4.69, 9.17) is 0 Å². The predicted molar refractivity (Wildman–Crippen MR) is 110 cm³/mol. The van der Waals surface area contributed by atoms with Gasteiger partial charge in [-0.25, -0.2) is 17.1 Å². The molecule has 0 saturated carbocycles. The summed E-state index contributed by atoms with van der Waals surface area (Å²) in [5, 5.41) is 7.01. The van der Waals surface area contributed by atoms with Crippen LogP contribution in [0.25, 0.3) is 0 Å². The summed E-state index contributed by atoms with van der Waals surface area (Å²) < 4.78 is 40.7. The average Bonchev–Trinajstić information content (AvgIpc) is 3.15. The van der Waals surface area contributed by atoms with E-state index < -0.39 is 15.8 Å². The molecule has 3 aromatic rings. The zero-order chi connectivity index (χ0) is 21.6. The molecule has 0 saturated heterocycles. The van der Waals surface area contributed by atoms with Crippen LogP contribution in [0.15, 0.2) is 66.0 Å². The van der Waals surface area contributed by atoms with Crippen LogP contribution in [0.4, 0.5) is 10.2 Å². The first-order valence-electron chi connectivity index (χ1n) is 9.29. The summed E-state index contributed by atoms with van der Waals surface area (Å²) in [5.41, 5.74) is 1.04. The Bertz CT molecular complexity index is 1090. The molecule has 10 heteroatoms. The third-order valence-electron chi connectivity index (χ3n) is 4.40. The van der Waals surface area contributed by atoms with E-state index in [1.54, 1.807) is 29.3 Å². The number of hydrogen-bond donors (Lipinski definition) is 1. The zero-order valence-corrected chi connectivity index (χ0v) is 17.2. The number of nitrogens with zero attached hydrogens (tertiary/aromatic N) is 4. The lowest BCUT2D eigenvalue weighted by molar-refractivity contribution is -0.116. The molecule has 0 fully saturated rings. The molecule has 0 aliphatic rings. The quantitative estimate of drug-likeness (QED) is 0.561. The molecule has 0 atom stereocenters. The van der Waals surface area contributed by atoms with Gasteiger partial charge >= 0.3 is 0 Å². The predicted octanol–water partition coefficient (Wildman–Crippen LogP) is 2.50. The minimum atomic E-state index is -3.72. The number of carbonyl (C=O) groups excluding carboxylic acids is 1. The molecular formula is C20H22FN5O3S. The van der Waals surface area contributed by atoms with E-state index in [2.05, 4.69) is 15.4 Å². The number of halogens is 1. The Morgan fingerprint density at radius 1 is 1.13 bits per heavy atom. The molecular weight excluding hydrogens is 409 g/mol. The summed E-state index contributed by atoms with van der Waals surface area (Å²) in [4.78, 5) is 16.1. The lowest BCUT2D eigenvalue weighted by atomic mass is 10.3. The Morgan fingerprint density at radius 2 is 1.83 bits per heavy atom. The minimum absolute atomic E-state index is 0.00980. The van der Waals surface area contributed by atoms with Crippen LogP contribution in [0.2, 0.25) is 0 Å². The molecule has 2 heterocycles. The van der Waals surface area contributed by atoms with Crippen molar-refractivity contribution in [2.75, 3.05) is 18.9 Å². The molecule has 8 nitrogen and oxygen atoms in total. The molecule has 0 unspecified atom stereocenters. The molecule has 1 aromatic carbocycles. The first-order valence-corrected chi connectivity index (χ1v) is 10.7. The van der Waals surface area contributed by atoms with Gasteiger partial charge in [0.25, 0.3) is 0 Å². The molecule has 30 heavy (non-hydrogen) atoms. The third-order valence-corrected chi connectivity index (χ3v) is 6.27. The number of rotatable bonds is 9. The number of hydrogen-bond acceptors (Lipinski definition) is 5. The molecule has 0 aliphatic carbocycles. The second kappa shape index (κ2) is 9.59. The summed E-state index contributed by atoms with van der Waals surface area (Å²) in [6.07, 6.45) is 5.64. The monoisotopic (exact) mass is 431 g/mol. The van der Waals surface area contributed by atoms with Crippen LogP contribution in [0.3, 0.4) is 0 Å². The van der Waals surface area contributed by atoms with E-state index in [9.17, 15) is 17.6 Å². The Hall–Kier alpha value is -3.11. The number of benzene rings is 1. The second-order valence-electron chi connectivity index (χ2n) is 6.69. The Morgan fingerprint density at radius 3 is 2.53 bits per heavy atom. The van der Waals surface area contributed by atoms with E-state index in [1.807, 2.05) is 12.1 Å². The van der Waals surface area contributed by atoms with E-state index in [-0.39, 0.29) is 23.8 Å². The maximum absolute atomic E-state index is 13.0. The summed E-state index contributed by atoms with van der Waals surface area (Å²) >= 11 is 0. The van der Waals surface area contributed by atoms with Gasteiger partial charge in [0.1, 0.15) is 5.82 Å². The summed E-state index contributed by atoms with van der Waals surface area (Å²) in [6.45, 7) is 0.716. The van der Waals surface area contributed by atoms with Crippen LogP contribution >= 0.6 is 0 Å². The number of nitrogens with one attached hydrogen (secondary N) is 1. The van der Waals surface area contributed by atoms with Crippen LogP contribution in [-0.4, -0.2) is 47.0 Å². The van der Waals surface area contributed by atoms with Gasteiger partial charge in [-0.2, -0.15) is 5.10 Å². The van der Waals surface area contributed by atoms with Crippen molar-refractivity contribution < 1.29 is 17.6 Å². The van der Waals surface area contributed by atoms with Crippen molar-refractivity contribution in [3.05, 3.63) is 72.4 Å². The number of sulfonamides is 1.